The van der Waals surface area contributed by atoms with Crippen LogP contribution in [0, 0.1) is 12.8 Å². The van der Waals surface area contributed by atoms with Crippen LogP contribution in [0.3, 0.4) is 0 Å². The second kappa shape index (κ2) is 6.83. The lowest BCUT2D eigenvalue weighted by Crippen LogP contribution is -2.31. The van der Waals surface area contributed by atoms with E-state index in [1.54, 1.807) is 24.5 Å². The topological polar surface area (TPSA) is 68.0 Å². The molecule has 126 valence electrons. The van der Waals surface area contributed by atoms with E-state index in [1.807, 2.05) is 26.2 Å². The standard InChI is InChI=1S/C17H25N3O2S/c1-10(2)9-12(16-18-7-8-23-16)19-15(21)13-11(3)22-20-14(13)17(4,5)6/h7-8,10,12H,9H2,1-6H3,(H,19,21). The number of nitrogens with one attached hydrogen (secondary N) is 1. The van der Waals surface area contributed by atoms with Crippen LogP contribution in [0.5, 0.6) is 0 Å². The van der Waals surface area contributed by atoms with Crippen molar-refractivity contribution in [2.24, 2.45) is 5.92 Å². The zero-order valence-electron chi connectivity index (χ0n) is 14.6. The summed E-state index contributed by atoms with van der Waals surface area (Å²) < 4.78 is 5.27. The Labute approximate surface area is 141 Å². The zero-order valence-corrected chi connectivity index (χ0v) is 15.5. The van der Waals surface area contributed by atoms with Crippen LogP contribution in [0.1, 0.15) is 73.9 Å². The molecular formula is C17H25N3O2S. The first-order chi connectivity index (χ1) is 10.7. The van der Waals surface area contributed by atoms with Gasteiger partial charge in [-0.05, 0) is 19.3 Å². The summed E-state index contributed by atoms with van der Waals surface area (Å²) >= 11 is 1.56. The third-order valence-corrected chi connectivity index (χ3v) is 4.45. The molecular weight excluding hydrogens is 310 g/mol. The Balaban J connectivity index is 2.28. The zero-order chi connectivity index (χ0) is 17.2. The third-order valence-electron chi connectivity index (χ3n) is 3.56. The van der Waals surface area contributed by atoms with Crippen LogP contribution in [0.2, 0.25) is 0 Å². The van der Waals surface area contributed by atoms with Crippen molar-refractivity contribution in [2.75, 3.05) is 0 Å². The average Bonchev–Trinajstić information content (AvgIpc) is 3.05. The van der Waals surface area contributed by atoms with Crippen molar-refractivity contribution < 1.29 is 9.32 Å². The van der Waals surface area contributed by atoms with Crippen LogP contribution in [0.4, 0.5) is 0 Å². The first kappa shape index (κ1) is 17.7. The summed E-state index contributed by atoms with van der Waals surface area (Å²) in [4.78, 5) is 17.2. The van der Waals surface area contributed by atoms with Crippen LogP contribution < -0.4 is 5.32 Å². The van der Waals surface area contributed by atoms with Gasteiger partial charge in [-0.2, -0.15) is 0 Å². The number of carbonyl (C=O) groups excluding carboxylic acids is 1. The van der Waals surface area contributed by atoms with Crippen LogP contribution in [-0.2, 0) is 5.41 Å². The van der Waals surface area contributed by atoms with Gasteiger partial charge in [0.2, 0.25) is 0 Å². The van der Waals surface area contributed by atoms with Crippen LogP contribution in [-0.4, -0.2) is 16.0 Å². The van der Waals surface area contributed by atoms with Gasteiger partial charge >= 0.3 is 0 Å². The maximum absolute atomic E-state index is 12.8. The quantitative estimate of drug-likeness (QED) is 0.886. The summed E-state index contributed by atoms with van der Waals surface area (Å²) in [6.45, 7) is 12.1. The van der Waals surface area contributed by atoms with Gasteiger partial charge in [-0.1, -0.05) is 39.8 Å². The van der Waals surface area contributed by atoms with Crippen molar-refractivity contribution in [1.82, 2.24) is 15.5 Å². The van der Waals surface area contributed by atoms with Gasteiger partial charge in [-0.25, -0.2) is 4.98 Å². The molecule has 23 heavy (non-hydrogen) atoms. The molecule has 0 spiro atoms. The lowest BCUT2D eigenvalue weighted by atomic mass is 9.88. The number of nitrogens with zero attached hydrogens (tertiary/aromatic N) is 2. The molecule has 0 fully saturated rings. The number of hydrogen-bond acceptors (Lipinski definition) is 5. The average molecular weight is 335 g/mol. The first-order valence-corrected chi connectivity index (χ1v) is 8.75. The monoisotopic (exact) mass is 335 g/mol. The van der Waals surface area contributed by atoms with Crippen LogP contribution in [0.25, 0.3) is 0 Å². The summed E-state index contributed by atoms with van der Waals surface area (Å²) in [6, 6.07) is -0.0929. The first-order valence-electron chi connectivity index (χ1n) is 7.87. The Kier molecular flexibility index (Phi) is 5.24. The molecule has 0 aliphatic rings. The summed E-state index contributed by atoms with van der Waals surface area (Å²) in [6.07, 6.45) is 2.61. The third kappa shape index (κ3) is 4.19. The highest BCUT2D eigenvalue weighted by Gasteiger charge is 2.30. The molecule has 2 heterocycles. The highest BCUT2D eigenvalue weighted by atomic mass is 32.1. The number of rotatable bonds is 5. The van der Waals surface area contributed by atoms with Gasteiger partial charge < -0.3 is 9.84 Å². The van der Waals surface area contributed by atoms with Crippen molar-refractivity contribution in [3.63, 3.8) is 0 Å². The van der Waals surface area contributed by atoms with Gasteiger partial charge in [0.05, 0.1) is 6.04 Å². The van der Waals surface area contributed by atoms with Crippen LogP contribution in [0.15, 0.2) is 16.1 Å². The molecule has 0 aliphatic heterocycles. The lowest BCUT2D eigenvalue weighted by Gasteiger charge is -2.20. The van der Waals surface area contributed by atoms with E-state index in [-0.39, 0.29) is 17.4 Å². The minimum Gasteiger partial charge on any atom is -0.361 e. The van der Waals surface area contributed by atoms with Gasteiger partial charge in [0.15, 0.2) is 0 Å². The molecule has 0 aliphatic carbocycles. The molecule has 0 saturated carbocycles. The molecule has 2 rings (SSSR count). The number of amides is 1. The van der Waals surface area contributed by atoms with Crippen molar-refractivity contribution in [3.8, 4) is 0 Å². The number of thiazole rings is 1. The Morgan fingerprint density at radius 1 is 1.39 bits per heavy atom. The van der Waals surface area contributed by atoms with Gasteiger partial charge in [0.1, 0.15) is 22.0 Å². The lowest BCUT2D eigenvalue weighted by molar-refractivity contribution is 0.0928. The molecule has 5 nitrogen and oxygen atoms in total. The van der Waals surface area contributed by atoms with Crippen molar-refractivity contribution in [2.45, 2.75) is 59.4 Å². The number of carbonyl (C=O) groups is 1. The highest BCUT2D eigenvalue weighted by Crippen LogP contribution is 2.29. The SMILES string of the molecule is Cc1onc(C(C)(C)C)c1C(=O)NC(CC(C)C)c1nccs1. The van der Waals surface area contributed by atoms with Crippen molar-refractivity contribution in [1.29, 1.82) is 0 Å². The number of aryl methyl sites for hydroxylation is 1. The second-order valence-electron chi connectivity index (χ2n) is 7.24. The highest BCUT2D eigenvalue weighted by molar-refractivity contribution is 7.09. The van der Waals surface area contributed by atoms with Gasteiger partial charge in [-0.3, -0.25) is 4.79 Å². The minimum atomic E-state index is -0.251. The fourth-order valence-electron chi connectivity index (χ4n) is 2.48. The Hall–Kier alpha value is -1.69. The van der Waals surface area contributed by atoms with E-state index >= 15 is 0 Å². The van der Waals surface area contributed by atoms with Gasteiger partial charge in [-0.15, -0.1) is 11.3 Å². The second-order valence-corrected chi connectivity index (χ2v) is 8.16. The largest absolute Gasteiger partial charge is 0.361 e. The molecule has 0 aromatic carbocycles. The minimum absolute atomic E-state index is 0.0929. The summed E-state index contributed by atoms with van der Waals surface area (Å²) in [5.41, 5.74) is 0.983. The fourth-order valence-corrected chi connectivity index (χ4v) is 3.18. The molecule has 0 saturated heterocycles. The number of hydrogen-bond donors (Lipinski definition) is 1. The molecule has 1 atom stereocenters. The van der Waals surface area contributed by atoms with E-state index in [0.29, 0.717) is 22.9 Å². The summed E-state index contributed by atoms with van der Waals surface area (Å²) in [5.74, 6) is 0.860. The molecule has 0 bridgehead atoms. The van der Waals surface area contributed by atoms with E-state index in [1.165, 1.54) is 0 Å². The summed E-state index contributed by atoms with van der Waals surface area (Å²) in [7, 11) is 0. The maximum Gasteiger partial charge on any atom is 0.257 e. The Bertz CT molecular complexity index is 654. The normalized spacial score (nSPS) is 13.3. The maximum atomic E-state index is 12.8. The Morgan fingerprint density at radius 3 is 2.61 bits per heavy atom. The summed E-state index contributed by atoms with van der Waals surface area (Å²) in [5, 5.41) is 10.1. The molecule has 2 aromatic heterocycles. The van der Waals surface area contributed by atoms with E-state index in [2.05, 4.69) is 29.3 Å². The van der Waals surface area contributed by atoms with Crippen molar-refractivity contribution >= 4 is 17.2 Å². The van der Waals surface area contributed by atoms with Gasteiger partial charge in [0.25, 0.3) is 5.91 Å². The number of aromatic nitrogens is 2. The van der Waals surface area contributed by atoms with Crippen molar-refractivity contribution in [3.05, 3.63) is 33.6 Å². The fraction of sp³-hybridized carbons (Fsp3) is 0.588. The molecule has 1 amide bonds. The molecule has 6 heteroatoms. The van der Waals surface area contributed by atoms with E-state index in [4.69, 9.17) is 4.52 Å². The van der Waals surface area contributed by atoms with E-state index in [9.17, 15) is 4.79 Å². The molecule has 0 radical (unpaired) electrons. The van der Waals surface area contributed by atoms with E-state index in [0.717, 1.165) is 11.4 Å². The van der Waals surface area contributed by atoms with Gasteiger partial charge in [0, 0.05) is 17.0 Å². The van der Waals surface area contributed by atoms with E-state index < -0.39 is 0 Å². The predicted octanol–water partition coefficient (Wildman–Crippen LogP) is 4.25. The molecule has 1 unspecified atom stereocenters. The molecule has 1 N–H and O–H groups in total. The van der Waals surface area contributed by atoms with Crippen LogP contribution >= 0.6 is 11.3 Å². The molecule has 2 aromatic rings. The smallest absolute Gasteiger partial charge is 0.257 e. The Morgan fingerprint density at radius 2 is 2.09 bits per heavy atom. The predicted molar refractivity (Wildman–Crippen MR) is 91.7 cm³/mol.